The number of benzene rings is 1. The summed E-state index contributed by atoms with van der Waals surface area (Å²) in [5.74, 6) is 1.01. The van der Waals surface area contributed by atoms with Gasteiger partial charge in [0.1, 0.15) is 5.60 Å². The highest BCUT2D eigenvalue weighted by atomic mass is 35.5. The van der Waals surface area contributed by atoms with Crippen LogP contribution in [0.4, 0.5) is 4.79 Å². The molecule has 3 heterocycles. The second-order valence-electron chi connectivity index (χ2n) is 9.40. The number of aromatic nitrogens is 2. The number of carbonyl (C=O) groups is 1. The van der Waals surface area contributed by atoms with Crippen LogP contribution in [0.5, 0.6) is 0 Å². The van der Waals surface area contributed by atoms with E-state index in [-0.39, 0.29) is 18.2 Å². The van der Waals surface area contributed by atoms with Gasteiger partial charge < -0.3 is 14.1 Å². The van der Waals surface area contributed by atoms with E-state index in [0.717, 1.165) is 50.8 Å². The summed E-state index contributed by atoms with van der Waals surface area (Å²) in [6, 6.07) is 7.88. The maximum Gasteiger partial charge on any atom is 0.410 e. The van der Waals surface area contributed by atoms with Crippen molar-refractivity contribution >= 4 is 17.7 Å². The molecule has 2 fully saturated rings. The molecule has 2 aromatic rings. The molecule has 0 spiro atoms. The Morgan fingerprint density at radius 2 is 1.90 bits per heavy atom. The van der Waals surface area contributed by atoms with Gasteiger partial charge in [-0.2, -0.15) is 0 Å². The summed E-state index contributed by atoms with van der Waals surface area (Å²) >= 11 is 6.27. The number of nitrogens with zero attached hydrogens (tertiary/aromatic N) is 4. The van der Waals surface area contributed by atoms with E-state index in [1.807, 2.05) is 49.9 Å². The van der Waals surface area contributed by atoms with Crippen molar-refractivity contribution in [1.29, 1.82) is 0 Å². The van der Waals surface area contributed by atoms with E-state index in [2.05, 4.69) is 15.1 Å². The second kappa shape index (κ2) is 9.17. The number of halogens is 1. The Labute approximate surface area is 188 Å². The molecule has 2 atom stereocenters. The average Bonchev–Trinajstić information content (AvgIpc) is 3.37. The predicted molar refractivity (Wildman–Crippen MR) is 119 cm³/mol. The zero-order valence-corrected chi connectivity index (χ0v) is 19.3. The molecule has 31 heavy (non-hydrogen) atoms. The lowest BCUT2D eigenvalue weighted by atomic mass is 9.94. The van der Waals surface area contributed by atoms with E-state index in [4.69, 9.17) is 20.8 Å². The zero-order chi connectivity index (χ0) is 22.0. The van der Waals surface area contributed by atoms with Crippen molar-refractivity contribution in [3.8, 4) is 11.5 Å². The van der Waals surface area contributed by atoms with E-state index in [9.17, 15) is 4.79 Å². The Morgan fingerprint density at radius 1 is 1.13 bits per heavy atom. The summed E-state index contributed by atoms with van der Waals surface area (Å²) in [5.41, 5.74) is 0.250. The average molecular weight is 447 g/mol. The molecule has 0 N–H and O–H groups in total. The van der Waals surface area contributed by atoms with E-state index in [0.29, 0.717) is 23.3 Å². The van der Waals surface area contributed by atoms with Crippen molar-refractivity contribution in [3.63, 3.8) is 0 Å². The fourth-order valence-corrected chi connectivity index (χ4v) is 4.84. The minimum atomic E-state index is -0.491. The van der Waals surface area contributed by atoms with Crippen LogP contribution < -0.4 is 0 Å². The van der Waals surface area contributed by atoms with Crippen LogP contribution >= 0.6 is 11.6 Å². The molecule has 1 aromatic carbocycles. The minimum Gasteiger partial charge on any atom is -0.444 e. The van der Waals surface area contributed by atoms with Crippen LogP contribution in [0.2, 0.25) is 5.02 Å². The van der Waals surface area contributed by atoms with Gasteiger partial charge >= 0.3 is 6.09 Å². The summed E-state index contributed by atoms with van der Waals surface area (Å²) in [6.07, 6.45) is 5.13. The van der Waals surface area contributed by atoms with Gasteiger partial charge in [0.25, 0.3) is 0 Å². The number of ether oxygens (including phenoxy) is 1. The molecule has 2 aliphatic rings. The van der Waals surface area contributed by atoms with Gasteiger partial charge in [0.05, 0.1) is 23.2 Å². The molecule has 1 aromatic heterocycles. The Hall–Kier alpha value is -2.12. The lowest BCUT2D eigenvalue weighted by Gasteiger charge is -2.41. The maximum atomic E-state index is 12.8. The first kappa shape index (κ1) is 22.1. The SMILES string of the molecule is CC(C)(C)OC(=O)N1CCC[C@@H]1[C@H]1CCCCN1Cc1nnc(-c2ccccc2Cl)o1. The van der Waals surface area contributed by atoms with Crippen molar-refractivity contribution < 1.29 is 13.9 Å². The van der Waals surface area contributed by atoms with E-state index in [1.165, 1.54) is 0 Å². The van der Waals surface area contributed by atoms with Gasteiger partial charge in [-0.3, -0.25) is 4.90 Å². The van der Waals surface area contributed by atoms with Crippen LogP contribution in [0, 0.1) is 0 Å². The number of amides is 1. The smallest absolute Gasteiger partial charge is 0.410 e. The molecule has 8 heteroatoms. The van der Waals surface area contributed by atoms with Crippen molar-refractivity contribution in [3.05, 3.63) is 35.2 Å². The van der Waals surface area contributed by atoms with Crippen LogP contribution in [0.25, 0.3) is 11.5 Å². The third-order valence-electron chi connectivity index (χ3n) is 5.95. The Bertz CT molecular complexity index is 910. The quantitative estimate of drug-likeness (QED) is 0.647. The number of likely N-dealkylation sites (tertiary alicyclic amines) is 2. The van der Waals surface area contributed by atoms with Crippen molar-refractivity contribution in [2.24, 2.45) is 0 Å². The summed E-state index contributed by atoms with van der Waals surface area (Å²) in [4.78, 5) is 17.1. The van der Waals surface area contributed by atoms with Gasteiger partial charge in [-0.1, -0.05) is 30.2 Å². The first-order chi connectivity index (χ1) is 14.8. The van der Waals surface area contributed by atoms with E-state index in [1.54, 1.807) is 0 Å². The summed E-state index contributed by atoms with van der Waals surface area (Å²) in [7, 11) is 0. The number of hydrogen-bond acceptors (Lipinski definition) is 6. The fourth-order valence-electron chi connectivity index (χ4n) is 4.62. The Kier molecular flexibility index (Phi) is 6.53. The predicted octanol–water partition coefficient (Wildman–Crippen LogP) is 5.14. The van der Waals surface area contributed by atoms with E-state index >= 15 is 0 Å². The second-order valence-corrected chi connectivity index (χ2v) is 9.80. The third-order valence-corrected chi connectivity index (χ3v) is 6.27. The number of piperidine rings is 1. The van der Waals surface area contributed by atoms with Crippen molar-refractivity contribution in [2.45, 2.75) is 77.1 Å². The first-order valence-corrected chi connectivity index (χ1v) is 11.5. The highest BCUT2D eigenvalue weighted by molar-refractivity contribution is 6.33. The molecule has 0 aliphatic carbocycles. The van der Waals surface area contributed by atoms with Crippen LogP contribution in [0.3, 0.4) is 0 Å². The monoisotopic (exact) mass is 446 g/mol. The summed E-state index contributed by atoms with van der Waals surface area (Å²) in [6.45, 7) is 8.01. The molecule has 0 unspecified atom stereocenters. The minimum absolute atomic E-state index is 0.154. The molecule has 4 rings (SSSR count). The molecular weight excluding hydrogens is 416 g/mol. The van der Waals surface area contributed by atoms with Crippen LogP contribution in [0.15, 0.2) is 28.7 Å². The third kappa shape index (κ3) is 5.21. The lowest BCUT2D eigenvalue weighted by Crippen LogP contribution is -2.53. The summed E-state index contributed by atoms with van der Waals surface area (Å²) < 4.78 is 11.6. The molecule has 1 amide bonds. The van der Waals surface area contributed by atoms with Gasteiger partial charge in [0.2, 0.25) is 11.8 Å². The number of carbonyl (C=O) groups excluding carboxylic acids is 1. The Morgan fingerprint density at radius 3 is 2.68 bits per heavy atom. The van der Waals surface area contributed by atoms with Crippen molar-refractivity contribution in [2.75, 3.05) is 13.1 Å². The molecule has 0 bridgehead atoms. The van der Waals surface area contributed by atoms with E-state index < -0.39 is 5.60 Å². The maximum absolute atomic E-state index is 12.8. The van der Waals surface area contributed by atoms with Crippen molar-refractivity contribution in [1.82, 2.24) is 20.0 Å². The molecule has 0 saturated carbocycles. The van der Waals surface area contributed by atoms with Gasteiger partial charge in [-0.15, -0.1) is 10.2 Å². The molecule has 2 aliphatic heterocycles. The van der Waals surface area contributed by atoms with Gasteiger partial charge in [0, 0.05) is 12.6 Å². The highest BCUT2D eigenvalue weighted by Gasteiger charge is 2.40. The largest absolute Gasteiger partial charge is 0.444 e. The summed E-state index contributed by atoms with van der Waals surface area (Å²) in [5, 5.41) is 9.07. The molecule has 0 radical (unpaired) electrons. The molecular formula is C23H31ClN4O3. The van der Waals surface area contributed by atoms with Gasteiger partial charge in [0.15, 0.2) is 0 Å². The standard InChI is InChI=1S/C23H31ClN4O3/c1-23(2,3)31-22(29)28-14-8-12-19(28)18-11-6-7-13-27(18)15-20-25-26-21(30-20)16-9-4-5-10-17(16)24/h4-5,9-10,18-19H,6-8,11-15H2,1-3H3/t18-,19-/m1/s1. The van der Waals surface area contributed by atoms with Crippen LogP contribution in [-0.4, -0.2) is 56.9 Å². The topological polar surface area (TPSA) is 71.7 Å². The zero-order valence-electron chi connectivity index (χ0n) is 18.5. The highest BCUT2D eigenvalue weighted by Crippen LogP contribution is 2.32. The molecule has 168 valence electrons. The molecule has 2 saturated heterocycles. The first-order valence-electron chi connectivity index (χ1n) is 11.1. The van der Waals surface area contributed by atoms with Crippen LogP contribution in [0.1, 0.15) is 58.8 Å². The Balaban J connectivity index is 1.48. The normalized spacial score (nSPS) is 22.6. The molecule has 7 nitrogen and oxygen atoms in total. The van der Waals surface area contributed by atoms with Gasteiger partial charge in [-0.05, 0) is 65.1 Å². The van der Waals surface area contributed by atoms with Crippen LogP contribution in [-0.2, 0) is 11.3 Å². The number of rotatable bonds is 4. The number of hydrogen-bond donors (Lipinski definition) is 0. The van der Waals surface area contributed by atoms with Gasteiger partial charge in [-0.25, -0.2) is 4.79 Å². The fraction of sp³-hybridized carbons (Fsp3) is 0.609. The lowest BCUT2D eigenvalue weighted by molar-refractivity contribution is 0.00540.